The lowest BCUT2D eigenvalue weighted by molar-refractivity contribution is 0.229. The van der Waals surface area contributed by atoms with Crippen molar-refractivity contribution in [2.45, 2.75) is 39.6 Å². The van der Waals surface area contributed by atoms with E-state index in [1.165, 1.54) is 6.33 Å². The van der Waals surface area contributed by atoms with Crippen LogP contribution in [0.2, 0.25) is 6.32 Å². The molecule has 2 rings (SSSR count). The summed E-state index contributed by atoms with van der Waals surface area (Å²) in [6, 6.07) is 5.85. The number of nitrogens with zero attached hydrogens (tertiary/aromatic N) is 3. The molecule has 0 aromatic carbocycles. The number of rotatable bonds is 9. The summed E-state index contributed by atoms with van der Waals surface area (Å²) in [6.45, 7) is 4.65. The minimum atomic E-state index is 0.193. The summed E-state index contributed by atoms with van der Waals surface area (Å²) in [6.07, 6.45) is 6.02. The second-order valence-electron chi connectivity index (χ2n) is 5.61. The molecule has 2 heterocycles. The van der Waals surface area contributed by atoms with Gasteiger partial charge in [-0.05, 0) is 31.4 Å². The monoisotopic (exact) mass is 312 g/mol. The van der Waals surface area contributed by atoms with Crippen LogP contribution in [0.1, 0.15) is 31.2 Å². The summed E-state index contributed by atoms with van der Waals surface area (Å²) >= 11 is 0. The van der Waals surface area contributed by atoms with Crippen LogP contribution in [-0.2, 0) is 6.61 Å². The summed E-state index contributed by atoms with van der Waals surface area (Å²) in [5, 5.41) is 9.39. The van der Waals surface area contributed by atoms with E-state index in [0.29, 0.717) is 12.4 Å². The zero-order valence-electron chi connectivity index (χ0n) is 13.8. The molecule has 6 heteroatoms. The van der Waals surface area contributed by atoms with Gasteiger partial charge in [0.2, 0.25) is 0 Å². The SMILES string of the molecule is CCCC(CO)C[B]c1ncncc1OCc1cccc(C)n1. The van der Waals surface area contributed by atoms with Crippen molar-refractivity contribution in [2.24, 2.45) is 5.92 Å². The van der Waals surface area contributed by atoms with Crippen molar-refractivity contribution in [1.29, 1.82) is 0 Å². The van der Waals surface area contributed by atoms with Gasteiger partial charge in [0.1, 0.15) is 18.7 Å². The Morgan fingerprint density at radius 1 is 1.35 bits per heavy atom. The van der Waals surface area contributed by atoms with Crippen molar-refractivity contribution in [3.8, 4) is 5.75 Å². The molecule has 1 atom stereocenters. The molecule has 0 amide bonds. The van der Waals surface area contributed by atoms with Gasteiger partial charge in [-0.15, -0.1) is 0 Å². The molecule has 2 aromatic rings. The van der Waals surface area contributed by atoms with Gasteiger partial charge in [-0.1, -0.05) is 25.7 Å². The van der Waals surface area contributed by atoms with Gasteiger partial charge in [-0.2, -0.15) is 0 Å². The number of pyridine rings is 1. The first-order chi connectivity index (χ1) is 11.2. The Balaban J connectivity index is 1.97. The maximum Gasteiger partial charge on any atom is 0.183 e. The number of hydrogen-bond donors (Lipinski definition) is 1. The van der Waals surface area contributed by atoms with E-state index in [1.54, 1.807) is 6.20 Å². The summed E-state index contributed by atoms with van der Waals surface area (Å²) < 4.78 is 5.82. The van der Waals surface area contributed by atoms with Gasteiger partial charge in [0, 0.05) is 17.9 Å². The van der Waals surface area contributed by atoms with E-state index in [2.05, 4.69) is 21.9 Å². The molecule has 1 unspecified atom stereocenters. The largest absolute Gasteiger partial charge is 0.485 e. The van der Waals surface area contributed by atoms with Gasteiger partial charge in [-0.3, -0.25) is 4.98 Å². The van der Waals surface area contributed by atoms with Gasteiger partial charge in [0.05, 0.1) is 11.9 Å². The lowest BCUT2D eigenvalue weighted by atomic mass is 9.65. The average Bonchev–Trinajstić information content (AvgIpc) is 2.57. The quantitative estimate of drug-likeness (QED) is 0.717. The number of aliphatic hydroxyl groups is 1. The van der Waals surface area contributed by atoms with E-state index in [4.69, 9.17) is 4.74 Å². The molecule has 0 bridgehead atoms. The summed E-state index contributed by atoms with van der Waals surface area (Å²) in [7, 11) is 2.01. The highest BCUT2D eigenvalue weighted by Crippen LogP contribution is 2.12. The average molecular weight is 312 g/mol. The van der Waals surface area contributed by atoms with Crippen LogP contribution in [0.25, 0.3) is 0 Å². The Bertz CT molecular complexity index is 610. The molecule has 121 valence electrons. The van der Waals surface area contributed by atoms with Crippen LogP contribution in [0, 0.1) is 12.8 Å². The minimum absolute atomic E-state index is 0.193. The Kier molecular flexibility index (Phi) is 7.00. The lowest BCUT2D eigenvalue weighted by Crippen LogP contribution is -2.24. The van der Waals surface area contributed by atoms with Crippen LogP contribution in [0.15, 0.2) is 30.7 Å². The molecule has 5 nitrogen and oxygen atoms in total. The van der Waals surface area contributed by atoms with E-state index in [0.717, 1.165) is 36.1 Å². The normalized spacial score (nSPS) is 12.0. The number of hydrogen-bond acceptors (Lipinski definition) is 5. The summed E-state index contributed by atoms with van der Waals surface area (Å²) in [5.41, 5.74) is 2.61. The Labute approximate surface area is 138 Å². The molecule has 1 N–H and O–H groups in total. The van der Waals surface area contributed by atoms with Crippen molar-refractivity contribution in [3.63, 3.8) is 0 Å². The van der Waals surface area contributed by atoms with E-state index in [-0.39, 0.29) is 12.5 Å². The van der Waals surface area contributed by atoms with Crippen LogP contribution < -0.4 is 10.3 Å². The molecule has 0 aliphatic carbocycles. The Hall–Kier alpha value is -1.95. The zero-order valence-corrected chi connectivity index (χ0v) is 13.8. The van der Waals surface area contributed by atoms with Crippen LogP contribution in [0.5, 0.6) is 5.75 Å². The molecule has 0 fully saturated rings. The predicted molar refractivity (Wildman–Crippen MR) is 91.0 cm³/mol. The van der Waals surface area contributed by atoms with Crippen molar-refractivity contribution >= 4 is 12.9 Å². The smallest absolute Gasteiger partial charge is 0.183 e. The maximum absolute atomic E-state index is 9.39. The molecule has 2 aromatic heterocycles. The number of ether oxygens (including phenoxy) is 1. The number of aryl methyl sites for hydroxylation is 1. The summed E-state index contributed by atoms with van der Waals surface area (Å²) in [4.78, 5) is 12.7. The first-order valence-corrected chi connectivity index (χ1v) is 8.02. The van der Waals surface area contributed by atoms with E-state index in [1.807, 2.05) is 32.4 Å². The van der Waals surface area contributed by atoms with Gasteiger partial charge in [0.15, 0.2) is 7.28 Å². The first kappa shape index (κ1) is 17.4. The van der Waals surface area contributed by atoms with Crippen LogP contribution >= 0.6 is 0 Å². The Morgan fingerprint density at radius 2 is 2.22 bits per heavy atom. The molecule has 0 aliphatic heterocycles. The van der Waals surface area contributed by atoms with Crippen molar-refractivity contribution in [1.82, 2.24) is 15.0 Å². The van der Waals surface area contributed by atoms with E-state index in [9.17, 15) is 5.11 Å². The fraction of sp³-hybridized carbons (Fsp3) is 0.471. The third kappa shape index (κ3) is 5.64. The molecule has 0 aliphatic rings. The highest BCUT2D eigenvalue weighted by Gasteiger charge is 2.12. The van der Waals surface area contributed by atoms with Crippen LogP contribution in [-0.4, -0.2) is 33.9 Å². The predicted octanol–water partition coefficient (Wildman–Crippen LogP) is 1.92. The fourth-order valence-corrected chi connectivity index (χ4v) is 2.39. The molecule has 23 heavy (non-hydrogen) atoms. The number of aromatic nitrogens is 3. The number of aliphatic hydroxyl groups excluding tert-OH is 1. The minimum Gasteiger partial charge on any atom is -0.485 e. The second-order valence-corrected chi connectivity index (χ2v) is 5.61. The van der Waals surface area contributed by atoms with Crippen molar-refractivity contribution in [2.75, 3.05) is 6.61 Å². The topological polar surface area (TPSA) is 68.1 Å². The molecule has 0 saturated heterocycles. The van der Waals surface area contributed by atoms with Gasteiger partial charge >= 0.3 is 0 Å². The van der Waals surface area contributed by atoms with Crippen molar-refractivity contribution < 1.29 is 9.84 Å². The molecule has 0 spiro atoms. The van der Waals surface area contributed by atoms with Crippen LogP contribution in [0.4, 0.5) is 0 Å². The van der Waals surface area contributed by atoms with E-state index < -0.39 is 0 Å². The molecular formula is C17H23BN3O2. The summed E-state index contributed by atoms with van der Waals surface area (Å²) in [5.74, 6) is 0.908. The van der Waals surface area contributed by atoms with Gasteiger partial charge in [0.25, 0.3) is 0 Å². The highest BCUT2D eigenvalue weighted by molar-refractivity contribution is 6.53. The maximum atomic E-state index is 9.39. The highest BCUT2D eigenvalue weighted by atomic mass is 16.5. The van der Waals surface area contributed by atoms with E-state index >= 15 is 0 Å². The fourth-order valence-electron chi connectivity index (χ4n) is 2.39. The third-order valence-corrected chi connectivity index (χ3v) is 3.63. The first-order valence-electron chi connectivity index (χ1n) is 8.02. The third-order valence-electron chi connectivity index (χ3n) is 3.63. The molecular weight excluding hydrogens is 289 g/mol. The standard InChI is InChI=1S/C17H23BN3O2/c1-3-5-14(10-22)8-18-17-16(9-19-12-20-17)23-11-15-7-4-6-13(2)21-15/h4,6-7,9,12,14,22H,3,5,8,10-11H2,1-2H3. The van der Waals surface area contributed by atoms with Gasteiger partial charge in [-0.25, -0.2) is 9.97 Å². The second kappa shape index (κ2) is 9.25. The van der Waals surface area contributed by atoms with Crippen LogP contribution in [0.3, 0.4) is 0 Å². The van der Waals surface area contributed by atoms with Gasteiger partial charge < -0.3 is 9.84 Å². The Morgan fingerprint density at radius 3 is 2.96 bits per heavy atom. The molecule has 1 radical (unpaired) electrons. The van der Waals surface area contributed by atoms with Crippen molar-refractivity contribution in [3.05, 3.63) is 42.1 Å². The molecule has 0 saturated carbocycles. The lowest BCUT2D eigenvalue weighted by Gasteiger charge is -2.13. The zero-order chi connectivity index (χ0) is 16.5.